The van der Waals surface area contributed by atoms with Crippen LogP contribution >= 0.6 is 34.2 Å². The van der Waals surface area contributed by atoms with Gasteiger partial charge in [0.1, 0.15) is 5.52 Å². The van der Waals surface area contributed by atoms with Gasteiger partial charge in [0.05, 0.1) is 0 Å². The minimum atomic E-state index is -0.155. The fraction of sp³-hybridized carbons (Fsp3) is 0.0476. The SMILES string of the molecule is O=C(Nc1ccc2oc(Cc3ccc(Cl)cc3)nc2c1)c1cccc(I)c1. The van der Waals surface area contributed by atoms with E-state index in [0.717, 1.165) is 9.13 Å². The number of fused-ring (bicyclic) bond motifs is 1. The molecule has 134 valence electrons. The van der Waals surface area contributed by atoms with E-state index in [9.17, 15) is 4.79 Å². The van der Waals surface area contributed by atoms with E-state index < -0.39 is 0 Å². The standard InChI is InChI=1S/C21H14ClIN2O2/c22-15-6-4-13(5-7-15)10-20-25-18-12-17(8-9-19(18)27-20)24-21(26)14-2-1-3-16(23)11-14/h1-9,11-12H,10H2,(H,24,26). The number of carbonyl (C=O) groups excluding carboxylic acids is 1. The Morgan fingerprint density at radius 3 is 2.67 bits per heavy atom. The maximum Gasteiger partial charge on any atom is 0.255 e. The highest BCUT2D eigenvalue weighted by Gasteiger charge is 2.10. The molecule has 0 saturated heterocycles. The van der Waals surface area contributed by atoms with Gasteiger partial charge in [-0.15, -0.1) is 0 Å². The van der Waals surface area contributed by atoms with E-state index in [2.05, 4.69) is 32.9 Å². The number of benzene rings is 3. The first kappa shape index (κ1) is 18.0. The van der Waals surface area contributed by atoms with Gasteiger partial charge < -0.3 is 9.73 Å². The van der Waals surface area contributed by atoms with Crippen LogP contribution in [-0.2, 0) is 6.42 Å². The molecule has 0 radical (unpaired) electrons. The molecule has 0 bridgehead atoms. The summed E-state index contributed by atoms with van der Waals surface area (Å²) in [4.78, 5) is 16.9. The fourth-order valence-electron chi connectivity index (χ4n) is 2.74. The maximum absolute atomic E-state index is 12.4. The largest absolute Gasteiger partial charge is 0.440 e. The Morgan fingerprint density at radius 1 is 1.07 bits per heavy atom. The molecule has 27 heavy (non-hydrogen) atoms. The van der Waals surface area contributed by atoms with E-state index >= 15 is 0 Å². The van der Waals surface area contributed by atoms with Gasteiger partial charge in [-0.1, -0.05) is 29.8 Å². The predicted molar refractivity (Wildman–Crippen MR) is 115 cm³/mol. The molecule has 1 amide bonds. The molecule has 0 atom stereocenters. The lowest BCUT2D eigenvalue weighted by Gasteiger charge is -2.05. The highest BCUT2D eigenvalue weighted by atomic mass is 127. The second-order valence-electron chi connectivity index (χ2n) is 6.06. The van der Waals surface area contributed by atoms with Crippen molar-refractivity contribution in [3.8, 4) is 0 Å². The van der Waals surface area contributed by atoms with Gasteiger partial charge in [-0.05, 0) is 76.7 Å². The van der Waals surface area contributed by atoms with Gasteiger partial charge in [-0.25, -0.2) is 4.98 Å². The van der Waals surface area contributed by atoms with E-state index in [-0.39, 0.29) is 5.91 Å². The lowest BCUT2D eigenvalue weighted by atomic mass is 10.1. The highest BCUT2D eigenvalue weighted by Crippen LogP contribution is 2.22. The third-order valence-corrected chi connectivity index (χ3v) is 4.97. The Labute approximate surface area is 174 Å². The zero-order valence-electron chi connectivity index (χ0n) is 14.1. The summed E-state index contributed by atoms with van der Waals surface area (Å²) in [7, 11) is 0. The second-order valence-corrected chi connectivity index (χ2v) is 7.74. The third kappa shape index (κ3) is 4.31. The lowest BCUT2D eigenvalue weighted by molar-refractivity contribution is 0.102. The van der Waals surface area contributed by atoms with Crippen molar-refractivity contribution in [1.82, 2.24) is 4.98 Å². The van der Waals surface area contributed by atoms with Crippen LogP contribution in [0.25, 0.3) is 11.1 Å². The molecular weight excluding hydrogens is 475 g/mol. The van der Waals surface area contributed by atoms with E-state index in [0.29, 0.717) is 39.7 Å². The molecule has 1 aromatic heterocycles. The molecule has 0 unspecified atom stereocenters. The Bertz CT molecular complexity index is 1120. The van der Waals surface area contributed by atoms with Crippen LogP contribution in [0.3, 0.4) is 0 Å². The molecule has 4 nitrogen and oxygen atoms in total. The average molecular weight is 489 g/mol. The number of nitrogens with one attached hydrogen (secondary N) is 1. The summed E-state index contributed by atoms with van der Waals surface area (Å²) in [5, 5.41) is 3.60. The molecule has 0 aliphatic carbocycles. The van der Waals surface area contributed by atoms with Crippen LogP contribution in [0, 0.1) is 3.57 Å². The van der Waals surface area contributed by atoms with Crippen molar-refractivity contribution in [3.63, 3.8) is 0 Å². The van der Waals surface area contributed by atoms with Crippen LogP contribution in [0.4, 0.5) is 5.69 Å². The summed E-state index contributed by atoms with van der Waals surface area (Å²) < 4.78 is 6.82. The van der Waals surface area contributed by atoms with E-state index in [1.165, 1.54) is 0 Å². The summed E-state index contributed by atoms with van der Waals surface area (Å²) in [6.07, 6.45) is 0.579. The van der Waals surface area contributed by atoms with Crippen LogP contribution in [0.1, 0.15) is 21.8 Å². The summed E-state index contributed by atoms with van der Waals surface area (Å²) in [6, 6.07) is 20.5. The van der Waals surface area contributed by atoms with Crippen molar-refractivity contribution in [2.24, 2.45) is 0 Å². The average Bonchev–Trinajstić information content (AvgIpc) is 3.05. The molecule has 0 aliphatic heterocycles. The molecular formula is C21H14ClIN2O2. The van der Waals surface area contributed by atoms with E-state index in [1.54, 1.807) is 6.07 Å². The number of carbonyl (C=O) groups is 1. The highest BCUT2D eigenvalue weighted by molar-refractivity contribution is 14.1. The summed E-state index contributed by atoms with van der Waals surface area (Å²) in [6.45, 7) is 0. The minimum Gasteiger partial charge on any atom is -0.440 e. The maximum atomic E-state index is 12.4. The van der Waals surface area contributed by atoms with Gasteiger partial charge >= 0.3 is 0 Å². The Kier molecular flexibility index (Phi) is 5.13. The Balaban J connectivity index is 1.53. The topological polar surface area (TPSA) is 55.1 Å². The van der Waals surface area contributed by atoms with Gasteiger partial charge in [-0.3, -0.25) is 4.79 Å². The molecule has 1 heterocycles. The van der Waals surface area contributed by atoms with Crippen molar-refractivity contribution in [2.75, 3.05) is 5.32 Å². The van der Waals surface area contributed by atoms with Crippen molar-refractivity contribution in [2.45, 2.75) is 6.42 Å². The summed E-state index contributed by atoms with van der Waals surface area (Å²) >= 11 is 8.10. The van der Waals surface area contributed by atoms with Crippen molar-refractivity contribution in [1.29, 1.82) is 0 Å². The molecule has 0 spiro atoms. The molecule has 6 heteroatoms. The molecule has 1 N–H and O–H groups in total. The number of amides is 1. The van der Waals surface area contributed by atoms with Crippen molar-refractivity contribution >= 4 is 56.9 Å². The van der Waals surface area contributed by atoms with Crippen LogP contribution in [0.15, 0.2) is 71.1 Å². The number of anilines is 1. The zero-order valence-corrected chi connectivity index (χ0v) is 17.0. The number of rotatable bonds is 4. The van der Waals surface area contributed by atoms with Crippen LogP contribution in [-0.4, -0.2) is 10.9 Å². The summed E-state index contributed by atoms with van der Waals surface area (Å²) in [5.74, 6) is 0.464. The van der Waals surface area contributed by atoms with Gasteiger partial charge in [0.2, 0.25) is 0 Å². The van der Waals surface area contributed by atoms with Crippen LogP contribution in [0.5, 0.6) is 0 Å². The molecule has 0 saturated carbocycles. The number of hydrogen-bond acceptors (Lipinski definition) is 3. The first-order chi connectivity index (χ1) is 13.1. The third-order valence-electron chi connectivity index (χ3n) is 4.05. The van der Waals surface area contributed by atoms with Crippen LogP contribution < -0.4 is 5.32 Å². The van der Waals surface area contributed by atoms with Gasteiger partial charge in [-0.2, -0.15) is 0 Å². The number of nitrogens with zero attached hydrogens (tertiary/aromatic N) is 1. The molecule has 0 fully saturated rings. The number of halogens is 2. The molecule has 4 aromatic rings. The van der Waals surface area contributed by atoms with E-state index in [1.807, 2.05) is 60.7 Å². The van der Waals surface area contributed by atoms with Crippen molar-refractivity contribution < 1.29 is 9.21 Å². The fourth-order valence-corrected chi connectivity index (χ4v) is 3.41. The van der Waals surface area contributed by atoms with Gasteiger partial charge in [0.25, 0.3) is 5.91 Å². The quantitative estimate of drug-likeness (QED) is 0.362. The van der Waals surface area contributed by atoms with E-state index in [4.69, 9.17) is 16.0 Å². The normalized spacial score (nSPS) is 10.9. The minimum absolute atomic E-state index is 0.155. The van der Waals surface area contributed by atoms with Crippen molar-refractivity contribution in [3.05, 3.63) is 92.3 Å². The first-order valence-corrected chi connectivity index (χ1v) is 9.73. The number of oxazole rings is 1. The molecule has 0 aliphatic rings. The Morgan fingerprint density at radius 2 is 1.89 bits per heavy atom. The summed E-state index contributed by atoms with van der Waals surface area (Å²) in [5.41, 5.74) is 3.76. The Hall–Kier alpha value is -2.38. The monoisotopic (exact) mass is 488 g/mol. The number of aromatic nitrogens is 1. The first-order valence-electron chi connectivity index (χ1n) is 8.28. The van der Waals surface area contributed by atoms with Crippen LogP contribution in [0.2, 0.25) is 5.02 Å². The zero-order chi connectivity index (χ0) is 18.8. The molecule has 4 rings (SSSR count). The molecule has 3 aromatic carbocycles. The lowest BCUT2D eigenvalue weighted by Crippen LogP contribution is -2.11. The van der Waals surface area contributed by atoms with Gasteiger partial charge in [0.15, 0.2) is 11.5 Å². The van der Waals surface area contributed by atoms with Gasteiger partial charge in [0, 0.05) is 26.3 Å². The number of hydrogen-bond donors (Lipinski definition) is 1. The smallest absolute Gasteiger partial charge is 0.255 e. The predicted octanol–water partition coefficient (Wildman–Crippen LogP) is 5.93. The second kappa shape index (κ2) is 7.70.